The maximum atomic E-state index is 12.4. The molecule has 0 radical (unpaired) electrons. The summed E-state index contributed by atoms with van der Waals surface area (Å²) in [7, 11) is 0. The zero-order chi connectivity index (χ0) is 20.5. The van der Waals surface area contributed by atoms with E-state index in [1.165, 1.54) is 0 Å². The second kappa shape index (κ2) is 11.4. The van der Waals surface area contributed by atoms with Crippen LogP contribution in [0.4, 0.5) is 0 Å². The lowest BCUT2D eigenvalue weighted by Crippen LogP contribution is -2.31. The number of carboxylic acids is 1. The lowest BCUT2D eigenvalue weighted by Gasteiger charge is -2.28. The minimum atomic E-state index is -1.00. The van der Waals surface area contributed by atoms with Gasteiger partial charge in [0.2, 0.25) is 0 Å². The van der Waals surface area contributed by atoms with E-state index in [1.54, 1.807) is 12.2 Å². The first kappa shape index (κ1) is 22.6. The minimum absolute atomic E-state index is 0.0497. The molecule has 28 heavy (non-hydrogen) atoms. The number of ketones is 1. The molecule has 0 aromatic carbocycles. The molecule has 2 rings (SSSR count). The van der Waals surface area contributed by atoms with Crippen LogP contribution in [0.5, 0.6) is 0 Å². The van der Waals surface area contributed by atoms with Gasteiger partial charge in [-0.05, 0) is 25.2 Å². The molecule has 2 fully saturated rings. The van der Waals surface area contributed by atoms with E-state index in [2.05, 4.69) is 11.8 Å². The number of Topliss-reactive ketones (excluding diaryl/α,β-unsaturated/α-hetero) is 1. The van der Waals surface area contributed by atoms with Crippen molar-refractivity contribution in [3.8, 4) is 11.8 Å². The predicted molar refractivity (Wildman–Crippen MR) is 104 cm³/mol. The summed E-state index contributed by atoms with van der Waals surface area (Å²) in [6, 6.07) is 0. The fraction of sp³-hybridized carbons (Fsp3) is 0.727. The SMILES string of the molecule is CCC#CC[C@H](C)[C@H](O)/C=C/[C@H]1[C@H](OC2CCCCO2)CC(=O)[C@@H]1CC(=O)O. The zero-order valence-corrected chi connectivity index (χ0v) is 16.8. The normalized spacial score (nSPS) is 30.0. The van der Waals surface area contributed by atoms with Crippen LogP contribution < -0.4 is 0 Å². The van der Waals surface area contributed by atoms with Gasteiger partial charge in [0.1, 0.15) is 5.78 Å². The second-order valence-electron chi connectivity index (χ2n) is 7.69. The molecule has 156 valence electrons. The second-order valence-corrected chi connectivity index (χ2v) is 7.69. The Morgan fingerprint density at radius 2 is 2.18 bits per heavy atom. The highest BCUT2D eigenvalue weighted by molar-refractivity contribution is 5.88. The molecule has 2 aliphatic rings. The number of aliphatic carboxylic acids is 1. The van der Waals surface area contributed by atoms with Gasteiger partial charge in [-0.15, -0.1) is 11.8 Å². The number of carboxylic acid groups (broad SMARTS) is 1. The molecule has 1 saturated carbocycles. The summed E-state index contributed by atoms with van der Waals surface area (Å²) in [5.41, 5.74) is 0. The van der Waals surface area contributed by atoms with E-state index < -0.39 is 24.1 Å². The molecule has 0 bridgehead atoms. The van der Waals surface area contributed by atoms with Crippen molar-refractivity contribution in [3.63, 3.8) is 0 Å². The summed E-state index contributed by atoms with van der Waals surface area (Å²) < 4.78 is 11.6. The Bertz CT molecular complexity index is 610. The Balaban J connectivity index is 2.07. The van der Waals surface area contributed by atoms with Crippen molar-refractivity contribution in [1.82, 2.24) is 0 Å². The van der Waals surface area contributed by atoms with Gasteiger partial charge in [-0.2, -0.15) is 0 Å². The molecule has 0 amide bonds. The molecule has 0 aromatic rings. The Hall–Kier alpha value is -1.68. The van der Waals surface area contributed by atoms with Crippen LogP contribution in [0.3, 0.4) is 0 Å². The summed E-state index contributed by atoms with van der Waals surface area (Å²) in [6.07, 6.45) is 6.05. The summed E-state index contributed by atoms with van der Waals surface area (Å²) in [4.78, 5) is 23.7. The first-order valence-electron chi connectivity index (χ1n) is 10.3. The smallest absolute Gasteiger partial charge is 0.304 e. The van der Waals surface area contributed by atoms with Crippen LogP contribution in [0, 0.1) is 29.6 Å². The van der Waals surface area contributed by atoms with Crippen LogP contribution in [0.1, 0.15) is 58.8 Å². The molecule has 1 aliphatic heterocycles. The zero-order valence-electron chi connectivity index (χ0n) is 16.8. The quantitative estimate of drug-likeness (QED) is 0.487. The Morgan fingerprint density at radius 3 is 2.82 bits per heavy atom. The standard InChI is InChI=1S/C22H32O6/c1-3-4-5-8-15(2)18(23)11-10-16-17(13-21(25)26)19(24)14-20(16)28-22-9-6-7-12-27-22/h10-11,15-18,20,22-23H,3,6-9,12-14H2,1-2H3,(H,25,26)/b11-10+/t15-,16+,17+,18+,20+,22?/m0/s1. The number of aliphatic hydroxyl groups excluding tert-OH is 1. The summed E-state index contributed by atoms with van der Waals surface area (Å²) >= 11 is 0. The molecule has 0 aromatic heterocycles. The third-order valence-electron chi connectivity index (χ3n) is 5.41. The molecular formula is C22H32O6. The van der Waals surface area contributed by atoms with E-state index >= 15 is 0 Å². The van der Waals surface area contributed by atoms with E-state index in [9.17, 15) is 19.8 Å². The van der Waals surface area contributed by atoms with Crippen LogP contribution >= 0.6 is 0 Å². The van der Waals surface area contributed by atoms with Crippen molar-refractivity contribution >= 4 is 11.8 Å². The lowest BCUT2D eigenvalue weighted by atomic mass is 9.89. The lowest BCUT2D eigenvalue weighted by molar-refractivity contribution is -0.192. The van der Waals surface area contributed by atoms with Gasteiger partial charge >= 0.3 is 5.97 Å². The van der Waals surface area contributed by atoms with Gasteiger partial charge in [-0.25, -0.2) is 0 Å². The molecule has 2 N–H and O–H groups in total. The van der Waals surface area contributed by atoms with Crippen LogP contribution in [-0.4, -0.2) is 47.1 Å². The monoisotopic (exact) mass is 392 g/mol. The van der Waals surface area contributed by atoms with Crippen molar-refractivity contribution in [2.24, 2.45) is 17.8 Å². The molecule has 6 nitrogen and oxygen atoms in total. The van der Waals surface area contributed by atoms with Crippen molar-refractivity contribution in [1.29, 1.82) is 0 Å². The van der Waals surface area contributed by atoms with Gasteiger partial charge in [0.25, 0.3) is 0 Å². The molecule has 1 aliphatic carbocycles. The van der Waals surface area contributed by atoms with Gasteiger partial charge in [-0.1, -0.05) is 26.0 Å². The van der Waals surface area contributed by atoms with Crippen molar-refractivity contribution in [2.45, 2.75) is 77.3 Å². The van der Waals surface area contributed by atoms with Crippen molar-refractivity contribution in [3.05, 3.63) is 12.2 Å². The predicted octanol–water partition coefficient (Wildman–Crippen LogP) is 2.93. The maximum Gasteiger partial charge on any atom is 0.304 e. The Kier molecular flexibility index (Phi) is 9.17. The third-order valence-corrected chi connectivity index (χ3v) is 5.41. The summed E-state index contributed by atoms with van der Waals surface area (Å²) in [6.45, 7) is 4.53. The Morgan fingerprint density at radius 1 is 1.39 bits per heavy atom. The fourth-order valence-electron chi connectivity index (χ4n) is 3.72. The number of aliphatic hydroxyl groups is 1. The summed E-state index contributed by atoms with van der Waals surface area (Å²) in [5.74, 6) is 3.85. The van der Waals surface area contributed by atoms with Crippen LogP contribution in [-0.2, 0) is 19.1 Å². The van der Waals surface area contributed by atoms with Crippen LogP contribution in [0.25, 0.3) is 0 Å². The van der Waals surface area contributed by atoms with E-state index in [0.29, 0.717) is 13.0 Å². The average molecular weight is 392 g/mol. The first-order valence-corrected chi connectivity index (χ1v) is 10.3. The van der Waals surface area contributed by atoms with E-state index in [-0.39, 0.29) is 36.8 Å². The average Bonchev–Trinajstić information content (AvgIpc) is 2.94. The van der Waals surface area contributed by atoms with Gasteiger partial charge in [0, 0.05) is 37.7 Å². The molecule has 1 heterocycles. The van der Waals surface area contributed by atoms with Crippen molar-refractivity contribution < 1.29 is 29.3 Å². The topological polar surface area (TPSA) is 93.1 Å². The highest BCUT2D eigenvalue weighted by Gasteiger charge is 2.44. The molecule has 0 spiro atoms. The molecule has 1 unspecified atom stereocenters. The number of rotatable bonds is 8. The fourth-order valence-corrected chi connectivity index (χ4v) is 3.72. The first-order chi connectivity index (χ1) is 13.4. The van der Waals surface area contributed by atoms with Crippen LogP contribution in [0.15, 0.2) is 12.2 Å². The van der Waals surface area contributed by atoms with Gasteiger partial charge in [0.05, 0.1) is 18.6 Å². The van der Waals surface area contributed by atoms with E-state index in [0.717, 1.165) is 25.7 Å². The number of carbonyl (C=O) groups excluding carboxylic acids is 1. The molecule has 6 heteroatoms. The molecule has 6 atom stereocenters. The van der Waals surface area contributed by atoms with Gasteiger partial charge in [0.15, 0.2) is 6.29 Å². The minimum Gasteiger partial charge on any atom is -0.481 e. The van der Waals surface area contributed by atoms with Crippen molar-refractivity contribution in [2.75, 3.05) is 6.61 Å². The Labute approximate surface area is 167 Å². The molecule has 1 saturated heterocycles. The number of hydrogen-bond acceptors (Lipinski definition) is 5. The van der Waals surface area contributed by atoms with Crippen LogP contribution in [0.2, 0.25) is 0 Å². The molecular weight excluding hydrogens is 360 g/mol. The number of hydrogen-bond donors (Lipinski definition) is 2. The highest BCUT2D eigenvalue weighted by Crippen LogP contribution is 2.36. The van der Waals surface area contributed by atoms with Gasteiger partial charge in [-0.3, -0.25) is 9.59 Å². The number of carbonyl (C=O) groups is 2. The summed E-state index contributed by atoms with van der Waals surface area (Å²) in [5, 5.41) is 19.6. The van der Waals surface area contributed by atoms with E-state index in [4.69, 9.17) is 9.47 Å². The third kappa shape index (κ3) is 6.73. The highest BCUT2D eigenvalue weighted by atomic mass is 16.7. The van der Waals surface area contributed by atoms with E-state index in [1.807, 2.05) is 13.8 Å². The largest absolute Gasteiger partial charge is 0.481 e. The van der Waals surface area contributed by atoms with Gasteiger partial charge < -0.3 is 19.7 Å². The maximum absolute atomic E-state index is 12.4. The number of ether oxygens (including phenoxy) is 2.